The van der Waals surface area contributed by atoms with E-state index >= 15 is 0 Å². The van der Waals surface area contributed by atoms with Crippen LogP contribution in [-0.4, -0.2) is 24.6 Å². The molecule has 1 aliphatic heterocycles. The second-order valence-corrected chi connectivity index (χ2v) is 6.05. The molecule has 0 saturated heterocycles. The largest absolute Gasteiger partial charge is 0.491 e. The smallest absolute Gasteiger partial charge is 0.231 e. The second-order valence-electron chi connectivity index (χ2n) is 5.64. The van der Waals surface area contributed by atoms with E-state index in [0.717, 1.165) is 28.5 Å². The molecule has 1 unspecified atom stereocenters. The van der Waals surface area contributed by atoms with E-state index in [2.05, 4.69) is 10.6 Å². The van der Waals surface area contributed by atoms with Crippen LogP contribution in [-0.2, 0) is 0 Å². The molecule has 6 heteroatoms. The van der Waals surface area contributed by atoms with Gasteiger partial charge in [-0.1, -0.05) is 18.2 Å². The number of thiocarbonyl (C=S) groups is 1. The quantitative estimate of drug-likeness (QED) is 0.810. The SMILES string of the molecule is Cc1ccccc1OCC(C)NC(=S)Nc1ccc2c(c1)OCO2. The Kier molecular flexibility index (Phi) is 5.05. The lowest BCUT2D eigenvalue weighted by atomic mass is 10.2. The Hall–Kier alpha value is -2.47. The third-order valence-corrected chi connectivity index (χ3v) is 3.81. The summed E-state index contributed by atoms with van der Waals surface area (Å²) in [6.45, 7) is 4.83. The molecule has 0 spiro atoms. The molecule has 0 aromatic heterocycles. The minimum atomic E-state index is 0.0682. The number of fused-ring (bicyclic) bond motifs is 1. The van der Waals surface area contributed by atoms with E-state index in [0.29, 0.717) is 11.7 Å². The summed E-state index contributed by atoms with van der Waals surface area (Å²) in [4.78, 5) is 0. The Morgan fingerprint density at radius 1 is 1.21 bits per heavy atom. The standard InChI is InChI=1S/C18H20N2O3S/c1-12-5-3-4-6-15(12)21-10-13(2)19-18(24)20-14-7-8-16-17(9-14)23-11-22-16/h3-9,13H,10-11H2,1-2H3,(H2,19,20,24). The van der Waals surface area contributed by atoms with Gasteiger partial charge in [-0.3, -0.25) is 0 Å². The molecule has 24 heavy (non-hydrogen) atoms. The summed E-state index contributed by atoms with van der Waals surface area (Å²) in [5.74, 6) is 2.36. The molecule has 0 amide bonds. The first-order valence-electron chi connectivity index (χ1n) is 7.77. The normalized spacial score (nSPS) is 13.2. The van der Waals surface area contributed by atoms with Gasteiger partial charge in [0.1, 0.15) is 12.4 Å². The highest BCUT2D eigenvalue weighted by molar-refractivity contribution is 7.80. The van der Waals surface area contributed by atoms with Gasteiger partial charge in [0, 0.05) is 11.8 Å². The van der Waals surface area contributed by atoms with Gasteiger partial charge >= 0.3 is 0 Å². The van der Waals surface area contributed by atoms with Crippen molar-refractivity contribution in [1.82, 2.24) is 5.32 Å². The van der Waals surface area contributed by atoms with Crippen molar-refractivity contribution in [1.29, 1.82) is 0 Å². The maximum absolute atomic E-state index is 5.82. The summed E-state index contributed by atoms with van der Waals surface area (Å²) in [5.41, 5.74) is 1.97. The monoisotopic (exact) mass is 344 g/mol. The fourth-order valence-corrected chi connectivity index (χ4v) is 2.66. The summed E-state index contributed by atoms with van der Waals surface area (Å²) in [6.07, 6.45) is 0. The first-order chi connectivity index (χ1) is 11.6. The number of nitrogens with one attached hydrogen (secondary N) is 2. The number of hydrogen-bond acceptors (Lipinski definition) is 4. The van der Waals surface area contributed by atoms with Crippen molar-refractivity contribution in [2.24, 2.45) is 0 Å². The average Bonchev–Trinajstić information content (AvgIpc) is 3.01. The lowest BCUT2D eigenvalue weighted by Crippen LogP contribution is -2.39. The van der Waals surface area contributed by atoms with E-state index in [9.17, 15) is 0 Å². The molecule has 1 atom stereocenters. The molecule has 0 saturated carbocycles. The zero-order valence-corrected chi connectivity index (χ0v) is 14.5. The molecule has 2 aromatic carbocycles. The molecule has 1 aliphatic rings. The van der Waals surface area contributed by atoms with Crippen molar-refractivity contribution >= 4 is 23.0 Å². The summed E-state index contributed by atoms with van der Waals surface area (Å²) < 4.78 is 16.5. The summed E-state index contributed by atoms with van der Waals surface area (Å²) in [5, 5.41) is 6.89. The van der Waals surface area contributed by atoms with Crippen LogP contribution in [0.4, 0.5) is 5.69 Å². The minimum absolute atomic E-state index is 0.0682. The second kappa shape index (κ2) is 7.40. The molecule has 0 radical (unpaired) electrons. The predicted octanol–water partition coefficient (Wildman–Crippen LogP) is 3.48. The Labute approximate surface area is 146 Å². The first kappa shape index (κ1) is 16.4. The Morgan fingerprint density at radius 2 is 2.00 bits per heavy atom. The first-order valence-corrected chi connectivity index (χ1v) is 8.18. The molecule has 0 aliphatic carbocycles. The van der Waals surface area contributed by atoms with E-state index in [-0.39, 0.29) is 12.8 Å². The number of benzene rings is 2. The van der Waals surface area contributed by atoms with Gasteiger partial charge in [-0.2, -0.15) is 0 Å². The van der Waals surface area contributed by atoms with Crippen LogP contribution in [0.1, 0.15) is 12.5 Å². The molecular weight excluding hydrogens is 324 g/mol. The number of rotatable bonds is 5. The number of aryl methyl sites for hydroxylation is 1. The number of hydrogen-bond donors (Lipinski definition) is 2. The lowest BCUT2D eigenvalue weighted by Gasteiger charge is -2.18. The molecule has 126 valence electrons. The summed E-state index contributed by atoms with van der Waals surface area (Å²) in [7, 11) is 0. The van der Waals surface area contributed by atoms with Gasteiger partial charge in [-0.05, 0) is 49.8 Å². The fourth-order valence-electron chi connectivity index (χ4n) is 2.34. The molecule has 2 aromatic rings. The number of anilines is 1. The Balaban J connectivity index is 1.48. The van der Waals surface area contributed by atoms with Crippen molar-refractivity contribution in [3.63, 3.8) is 0 Å². The van der Waals surface area contributed by atoms with Crippen LogP contribution in [0.5, 0.6) is 17.2 Å². The van der Waals surface area contributed by atoms with E-state index in [1.165, 1.54) is 0 Å². The summed E-state index contributed by atoms with van der Waals surface area (Å²) in [6, 6.07) is 13.6. The number of para-hydroxylation sites is 1. The highest BCUT2D eigenvalue weighted by atomic mass is 32.1. The molecule has 0 bridgehead atoms. The van der Waals surface area contributed by atoms with E-state index in [4.69, 9.17) is 26.4 Å². The van der Waals surface area contributed by atoms with Crippen molar-refractivity contribution in [3.8, 4) is 17.2 Å². The summed E-state index contributed by atoms with van der Waals surface area (Å²) >= 11 is 5.35. The molecule has 1 heterocycles. The zero-order valence-electron chi connectivity index (χ0n) is 13.7. The lowest BCUT2D eigenvalue weighted by molar-refractivity contribution is 0.174. The average molecular weight is 344 g/mol. The van der Waals surface area contributed by atoms with Crippen LogP contribution in [0.3, 0.4) is 0 Å². The van der Waals surface area contributed by atoms with Crippen molar-refractivity contribution < 1.29 is 14.2 Å². The van der Waals surface area contributed by atoms with Gasteiger partial charge in [-0.25, -0.2) is 0 Å². The maximum atomic E-state index is 5.82. The zero-order chi connectivity index (χ0) is 16.9. The van der Waals surface area contributed by atoms with Crippen LogP contribution in [0.15, 0.2) is 42.5 Å². The van der Waals surface area contributed by atoms with Crippen molar-refractivity contribution in [3.05, 3.63) is 48.0 Å². The van der Waals surface area contributed by atoms with E-state index in [1.807, 2.05) is 56.3 Å². The van der Waals surface area contributed by atoms with Gasteiger partial charge in [0.2, 0.25) is 6.79 Å². The minimum Gasteiger partial charge on any atom is -0.491 e. The number of ether oxygens (including phenoxy) is 3. The van der Waals surface area contributed by atoms with Crippen LogP contribution < -0.4 is 24.8 Å². The molecule has 3 rings (SSSR count). The molecule has 0 fully saturated rings. The van der Waals surface area contributed by atoms with E-state index in [1.54, 1.807) is 0 Å². The maximum Gasteiger partial charge on any atom is 0.231 e. The van der Waals surface area contributed by atoms with Gasteiger partial charge in [-0.15, -0.1) is 0 Å². The molecule has 2 N–H and O–H groups in total. The highest BCUT2D eigenvalue weighted by Gasteiger charge is 2.14. The van der Waals surface area contributed by atoms with E-state index < -0.39 is 0 Å². The van der Waals surface area contributed by atoms with Crippen LogP contribution in [0.25, 0.3) is 0 Å². The van der Waals surface area contributed by atoms with Crippen LogP contribution >= 0.6 is 12.2 Å². The predicted molar refractivity (Wildman–Crippen MR) is 98.1 cm³/mol. The van der Waals surface area contributed by atoms with Gasteiger partial charge in [0.25, 0.3) is 0 Å². The van der Waals surface area contributed by atoms with Crippen molar-refractivity contribution in [2.45, 2.75) is 19.9 Å². The molecular formula is C18H20N2O3S. The fraction of sp³-hybridized carbons (Fsp3) is 0.278. The van der Waals surface area contributed by atoms with Gasteiger partial charge in [0.05, 0.1) is 6.04 Å². The van der Waals surface area contributed by atoms with Gasteiger partial charge < -0.3 is 24.8 Å². The van der Waals surface area contributed by atoms with Crippen molar-refractivity contribution in [2.75, 3.05) is 18.7 Å². The third kappa shape index (κ3) is 4.08. The topological polar surface area (TPSA) is 51.8 Å². The van der Waals surface area contributed by atoms with Gasteiger partial charge in [0.15, 0.2) is 16.6 Å². The Morgan fingerprint density at radius 3 is 2.83 bits per heavy atom. The third-order valence-electron chi connectivity index (χ3n) is 3.59. The Bertz CT molecular complexity index is 736. The van der Waals surface area contributed by atoms with Crippen LogP contribution in [0.2, 0.25) is 0 Å². The molecule has 5 nitrogen and oxygen atoms in total. The highest BCUT2D eigenvalue weighted by Crippen LogP contribution is 2.34. The van der Waals surface area contributed by atoms with Crippen LogP contribution in [0, 0.1) is 6.92 Å².